The fourth-order valence-corrected chi connectivity index (χ4v) is 8.19. The summed E-state index contributed by atoms with van der Waals surface area (Å²) in [5, 5.41) is 0. The zero-order valence-electron chi connectivity index (χ0n) is 43.2. The van der Waals surface area contributed by atoms with Crippen LogP contribution in [0.25, 0.3) is 0 Å². The van der Waals surface area contributed by atoms with Gasteiger partial charge in [0, 0.05) is 13.0 Å². The lowest BCUT2D eigenvalue weighted by molar-refractivity contribution is -0.870. The number of carbonyl (C=O) groups is 1. The molecule has 0 aliphatic carbocycles. The lowest BCUT2D eigenvalue weighted by Crippen LogP contribution is -2.37. The first-order valence-electron chi connectivity index (χ1n) is 27.0. The van der Waals surface area contributed by atoms with Gasteiger partial charge in [-0.1, -0.05) is 229 Å². The second-order valence-electron chi connectivity index (χ2n) is 19.2. The molecule has 0 saturated heterocycles. The van der Waals surface area contributed by atoms with Gasteiger partial charge >= 0.3 is 5.97 Å². The smallest absolute Gasteiger partial charge is 0.306 e. The van der Waals surface area contributed by atoms with Crippen LogP contribution >= 0.6 is 7.82 Å². The first-order valence-corrected chi connectivity index (χ1v) is 28.5. The summed E-state index contributed by atoms with van der Waals surface area (Å²) in [5.74, 6) is -0.350. The quantitative estimate of drug-likeness (QED) is 0.0197. The SMILES string of the molecule is CC/C=C\C/C=C\C/C=C\C/C=C\C/C=C\CCCCCCCC(=O)OC(COCCCCCCCCCCCCCCCCCCCCCCCC)COP(=O)([O-])OCC[N+](C)(C)C. The Kier molecular flexibility index (Phi) is 47.3. The van der Waals surface area contributed by atoms with Gasteiger partial charge in [-0.05, 0) is 57.8 Å². The third-order valence-corrected chi connectivity index (χ3v) is 12.5. The lowest BCUT2D eigenvalue weighted by atomic mass is 10.0. The number of hydrogen-bond acceptors (Lipinski definition) is 7. The van der Waals surface area contributed by atoms with Crippen molar-refractivity contribution < 1.29 is 37.3 Å². The molecule has 0 saturated carbocycles. The van der Waals surface area contributed by atoms with Crippen molar-refractivity contribution in [2.75, 3.05) is 54.1 Å². The zero-order chi connectivity index (χ0) is 47.6. The third-order valence-electron chi connectivity index (χ3n) is 11.6. The standard InChI is InChI=1S/C56H104NO7P/c1-6-8-10-12-14-16-18-20-22-24-26-28-30-32-34-36-38-40-42-44-46-48-51-61-53-55(54-63-65(59,60)62-52-50-57(3,4)5)64-56(58)49-47-45-43-41-39-37-35-33-31-29-27-25-23-21-19-17-15-13-11-9-7-2/h9,11,15,17,21,23,27,29,33,35,55H,6-8,10,12-14,16,18-20,22,24-26,28,30-32,34,36-54H2,1-5H3/b11-9-,17-15-,23-21-,29-27-,35-33-. The van der Waals surface area contributed by atoms with Crippen molar-refractivity contribution in [2.24, 2.45) is 0 Å². The number of phosphoric ester groups is 1. The molecule has 0 spiro atoms. The number of allylic oxidation sites excluding steroid dienone is 10. The number of nitrogens with zero attached hydrogens (tertiary/aromatic N) is 1. The van der Waals surface area contributed by atoms with E-state index in [0.29, 0.717) is 24.1 Å². The monoisotopic (exact) mass is 934 g/mol. The normalized spacial score (nSPS) is 14.0. The van der Waals surface area contributed by atoms with Gasteiger partial charge in [-0.3, -0.25) is 9.36 Å². The van der Waals surface area contributed by atoms with Crippen molar-refractivity contribution in [1.29, 1.82) is 0 Å². The summed E-state index contributed by atoms with van der Waals surface area (Å²) in [5.41, 5.74) is 0. The number of quaternary nitrogens is 1. The Balaban J connectivity index is 4.14. The van der Waals surface area contributed by atoms with Gasteiger partial charge < -0.3 is 27.9 Å². The van der Waals surface area contributed by atoms with Crippen molar-refractivity contribution in [2.45, 2.75) is 238 Å². The minimum Gasteiger partial charge on any atom is -0.756 e. The molecule has 380 valence electrons. The van der Waals surface area contributed by atoms with Crippen LogP contribution in [0.15, 0.2) is 60.8 Å². The molecular formula is C56H104NO7P. The topological polar surface area (TPSA) is 94.1 Å². The molecule has 0 heterocycles. The van der Waals surface area contributed by atoms with Gasteiger partial charge in [0.2, 0.25) is 0 Å². The molecular weight excluding hydrogens is 830 g/mol. The fourth-order valence-electron chi connectivity index (χ4n) is 7.46. The van der Waals surface area contributed by atoms with E-state index in [2.05, 4.69) is 74.6 Å². The summed E-state index contributed by atoms with van der Waals surface area (Å²) in [4.78, 5) is 25.2. The lowest BCUT2D eigenvalue weighted by Gasteiger charge is -2.28. The van der Waals surface area contributed by atoms with Gasteiger partial charge in [0.1, 0.15) is 19.3 Å². The molecule has 0 N–H and O–H groups in total. The molecule has 2 atom stereocenters. The molecule has 0 aliphatic heterocycles. The second-order valence-corrected chi connectivity index (χ2v) is 20.6. The molecule has 2 unspecified atom stereocenters. The van der Waals surface area contributed by atoms with E-state index in [0.717, 1.165) is 83.5 Å². The summed E-state index contributed by atoms with van der Waals surface area (Å²) in [6, 6.07) is 0. The van der Waals surface area contributed by atoms with Gasteiger partial charge in [-0.2, -0.15) is 0 Å². The number of esters is 1. The molecule has 0 aromatic rings. The van der Waals surface area contributed by atoms with Gasteiger partial charge in [-0.25, -0.2) is 0 Å². The third kappa shape index (κ3) is 53.0. The maximum Gasteiger partial charge on any atom is 0.306 e. The van der Waals surface area contributed by atoms with Crippen LogP contribution in [-0.2, 0) is 27.9 Å². The Morgan fingerprint density at radius 3 is 1.34 bits per heavy atom. The van der Waals surface area contributed by atoms with Crippen LogP contribution in [0.3, 0.4) is 0 Å². The molecule has 9 heteroatoms. The van der Waals surface area contributed by atoms with Crippen molar-refractivity contribution in [1.82, 2.24) is 0 Å². The van der Waals surface area contributed by atoms with Crippen LogP contribution in [0.1, 0.15) is 232 Å². The summed E-state index contributed by atoms with van der Waals surface area (Å²) in [7, 11) is 1.34. The summed E-state index contributed by atoms with van der Waals surface area (Å²) in [6.07, 6.45) is 62.5. The Labute approximate surface area is 402 Å². The van der Waals surface area contributed by atoms with E-state index in [1.807, 2.05) is 21.1 Å². The zero-order valence-corrected chi connectivity index (χ0v) is 44.1. The number of unbranched alkanes of at least 4 members (excludes halogenated alkanes) is 26. The van der Waals surface area contributed by atoms with Crippen molar-refractivity contribution in [3.05, 3.63) is 60.8 Å². The summed E-state index contributed by atoms with van der Waals surface area (Å²) < 4.78 is 34.8. The van der Waals surface area contributed by atoms with E-state index in [9.17, 15) is 14.3 Å². The van der Waals surface area contributed by atoms with Crippen LogP contribution in [0.4, 0.5) is 0 Å². The molecule has 8 nitrogen and oxygen atoms in total. The van der Waals surface area contributed by atoms with Crippen LogP contribution in [0.2, 0.25) is 0 Å². The first kappa shape index (κ1) is 63.2. The Hall–Kier alpha value is -1.80. The predicted molar refractivity (Wildman–Crippen MR) is 277 cm³/mol. The van der Waals surface area contributed by atoms with Crippen molar-refractivity contribution in [3.8, 4) is 0 Å². The highest BCUT2D eigenvalue weighted by Crippen LogP contribution is 2.38. The van der Waals surface area contributed by atoms with E-state index < -0.39 is 13.9 Å². The molecule has 0 fully saturated rings. The average Bonchev–Trinajstić information content (AvgIpc) is 3.27. The molecule has 0 amide bonds. The molecule has 0 aromatic carbocycles. The van der Waals surface area contributed by atoms with E-state index in [4.69, 9.17) is 18.5 Å². The van der Waals surface area contributed by atoms with E-state index in [-0.39, 0.29) is 25.8 Å². The van der Waals surface area contributed by atoms with Gasteiger partial charge in [0.25, 0.3) is 7.82 Å². The molecule has 65 heavy (non-hydrogen) atoms. The summed E-state index contributed by atoms with van der Waals surface area (Å²) >= 11 is 0. The minimum absolute atomic E-state index is 0.0209. The maximum absolute atomic E-state index is 12.8. The van der Waals surface area contributed by atoms with Gasteiger partial charge in [0.05, 0.1) is 34.4 Å². The highest BCUT2D eigenvalue weighted by atomic mass is 31.2. The number of likely N-dealkylation sites (N-methyl/N-ethyl adjacent to an activating group) is 1. The molecule has 0 aromatic heterocycles. The molecule has 0 aliphatic rings. The minimum atomic E-state index is -4.54. The Morgan fingerprint density at radius 2 is 0.892 bits per heavy atom. The van der Waals surface area contributed by atoms with Gasteiger partial charge in [0.15, 0.2) is 0 Å². The fraction of sp³-hybridized carbons (Fsp3) is 0.804. The van der Waals surface area contributed by atoms with Gasteiger partial charge in [-0.15, -0.1) is 0 Å². The summed E-state index contributed by atoms with van der Waals surface area (Å²) in [6.45, 7) is 5.31. The predicted octanol–water partition coefficient (Wildman–Crippen LogP) is 16.2. The van der Waals surface area contributed by atoms with Crippen LogP contribution in [-0.4, -0.2) is 70.7 Å². The van der Waals surface area contributed by atoms with Crippen molar-refractivity contribution in [3.63, 3.8) is 0 Å². The van der Waals surface area contributed by atoms with Crippen LogP contribution in [0, 0.1) is 0 Å². The molecule has 0 rings (SSSR count). The second kappa shape index (κ2) is 48.6. The van der Waals surface area contributed by atoms with E-state index >= 15 is 0 Å². The largest absolute Gasteiger partial charge is 0.756 e. The molecule has 0 bridgehead atoms. The average molecular weight is 934 g/mol. The number of phosphoric acid groups is 1. The Bertz CT molecular complexity index is 1220. The first-order chi connectivity index (χ1) is 31.6. The number of rotatable bonds is 50. The van der Waals surface area contributed by atoms with Crippen LogP contribution in [0.5, 0.6) is 0 Å². The van der Waals surface area contributed by atoms with Crippen LogP contribution < -0.4 is 4.89 Å². The number of ether oxygens (including phenoxy) is 2. The maximum atomic E-state index is 12.8. The van der Waals surface area contributed by atoms with E-state index in [1.165, 1.54) is 128 Å². The Morgan fingerprint density at radius 1 is 0.492 bits per heavy atom. The highest BCUT2D eigenvalue weighted by molar-refractivity contribution is 7.45. The number of hydrogen-bond donors (Lipinski definition) is 0. The number of carbonyl (C=O) groups excluding carboxylic acids is 1. The van der Waals surface area contributed by atoms with E-state index in [1.54, 1.807) is 0 Å². The molecule has 0 radical (unpaired) electrons. The van der Waals surface area contributed by atoms with Crippen molar-refractivity contribution >= 4 is 13.8 Å². The highest BCUT2D eigenvalue weighted by Gasteiger charge is 2.20.